The van der Waals surface area contributed by atoms with Gasteiger partial charge in [-0.3, -0.25) is 0 Å². The van der Waals surface area contributed by atoms with Crippen molar-refractivity contribution >= 4 is 27.1 Å². The molecule has 1 N–H and O–H groups in total. The summed E-state index contributed by atoms with van der Waals surface area (Å²) in [5, 5.41) is 0. The minimum atomic E-state index is 0.684. The van der Waals surface area contributed by atoms with E-state index in [-0.39, 0.29) is 0 Å². The van der Waals surface area contributed by atoms with Crippen molar-refractivity contribution in [1.82, 2.24) is 19.9 Å². The molecule has 84 valence electrons. The Morgan fingerprint density at radius 2 is 2.18 bits per heavy atom. The lowest BCUT2D eigenvalue weighted by atomic mass is 10.1. The number of fused-ring (bicyclic) bond motifs is 1. The zero-order chi connectivity index (χ0) is 11.8. The third-order valence-electron chi connectivity index (χ3n) is 2.54. The van der Waals surface area contributed by atoms with Crippen LogP contribution in [0.5, 0.6) is 0 Å². The molecule has 0 aliphatic carbocycles. The predicted molar refractivity (Wildman–Crippen MR) is 69.6 cm³/mol. The van der Waals surface area contributed by atoms with Crippen LogP contribution in [0.1, 0.15) is 5.56 Å². The maximum atomic E-state index is 4.45. The van der Waals surface area contributed by atoms with E-state index >= 15 is 0 Å². The Labute approximate surface area is 106 Å². The van der Waals surface area contributed by atoms with Crippen molar-refractivity contribution in [2.75, 3.05) is 0 Å². The van der Waals surface area contributed by atoms with E-state index in [0.717, 1.165) is 21.4 Å². The van der Waals surface area contributed by atoms with Crippen LogP contribution in [-0.2, 0) is 0 Å². The van der Waals surface area contributed by atoms with Gasteiger partial charge in [-0.2, -0.15) is 0 Å². The number of imidazole rings is 1. The number of benzene rings is 1. The molecular formula is C12H9BrN4. The summed E-state index contributed by atoms with van der Waals surface area (Å²) in [5.41, 5.74) is 3.75. The van der Waals surface area contributed by atoms with Gasteiger partial charge in [-0.25, -0.2) is 15.0 Å². The molecule has 3 rings (SSSR count). The molecule has 0 fully saturated rings. The average Bonchev–Trinajstić information content (AvgIpc) is 2.75. The zero-order valence-electron chi connectivity index (χ0n) is 9.11. The predicted octanol–water partition coefficient (Wildman–Crippen LogP) is 3.09. The molecule has 2 aromatic heterocycles. The number of aromatic amines is 1. The highest BCUT2D eigenvalue weighted by Crippen LogP contribution is 2.28. The summed E-state index contributed by atoms with van der Waals surface area (Å²) < 4.78 is 1.01. The van der Waals surface area contributed by atoms with Crippen molar-refractivity contribution < 1.29 is 0 Å². The number of H-pyrrole nitrogens is 1. The SMILES string of the molecule is Cc1ccc(Br)c(-c2nc3ncncc3[nH]2)c1. The lowest BCUT2D eigenvalue weighted by molar-refractivity contribution is 1.20. The van der Waals surface area contributed by atoms with Gasteiger partial charge in [0.25, 0.3) is 0 Å². The highest BCUT2D eigenvalue weighted by atomic mass is 79.9. The molecule has 1 aromatic carbocycles. The van der Waals surface area contributed by atoms with Crippen LogP contribution in [0.4, 0.5) is 0 Å². The highest BCUT2D eigenvalue weighted by molar-refractivity contribution is 9.10. The summed E-state index contributed by atoms with van der Waals surface area (Å²) in [6, 6.07) is 6.15. The number of aryl methyl sites for hydroxylation is 1. The van der Waals surface area contributed by atoms with E-state index in [0.29, 0.717) is 5.65 Å². The van der Waals surface area contributed by atoms with Crippen molar-refractivity contribution in [2.24, 2.45) is 0 Å². The molecule has 0 saturated heterocycles. The fourth-order valence-corrected chi connectivity index (χ4v) is 2.14. The number of aromatic nitrogens is 4. The van der Waals surface area contributed by atoms with Crippen LogP contribution in [0.3, 0.4) is 0 Å². The van der Waals surface area contributed by atoms with Crippen LogP contribution >= 0.6 is 15.9 Å². The van der Waals surface area contributed by atoms with E-state index in [4.69, 9.17) is 0 Å². The standard InChI is InChI=1S/C12H9BrN4/c1-7-2-3-9(13)8(4-7)11-16-10-5-14-6-15-12(10)17-11/h2-6H,1H3,(H,14,15,16,17). The first-order valence-electron chi connectivity index (χ1n) is 5.16. The lowest BCUT2D eigenvalue weighted by Gasteiger charge is -2.01. The molecular weight excluding hydrogens is 280 g/mol. The first kappa shape index (κ1) is 10.4. The van der Waals surface area contributed by atoms with Gasteiger partial charge in [-0.05, 0) is 19.1 Å². The average molecular weight is 289 g/mol. The number of hydrogen-bond acceptors (Lipinski definition) is 3. The number of nitrogens with zero attached hydrogens (tertiary/aromatic N) is 3. The van der Waals surface area contributed by atoms with Gasteiger partial charge in [0, 0.05) is 10.0 Å². The minimum Gasteiger partial charge on any atom is -0.335 e. The molecule has 0 radical (unpaired) electrons. The van der Waals surface area contributed by atoms with Crippen molar-refractivity contribution in [2.45, 2.75) is 6.92 Å². The normalized spacial score (nSPS) is 10.9. The Morgan fingerprint density at radius 1 is 1.29 bits per heavy atom. The van der Waals surface area contributed by atoms with Gasteiger partial charge in [0.2, 0.25) is 0 Å². The summed E-state index contributed by atoms with van der Waals surface area (Å²) >= 11 is 3.53. The molecule has 4 nitrogen and oxygen atoms in total. The third kappa shape index (κ3) is 1.82. The highest BCUT2D eigenvalue weighted by Gasteiger charge is 2.09. The monoisotopic (exact) mass is 288 g/mol. The van der Waals surface area contributed by atoms with Gasteiger partial charge in [0.1, 0.15) is 17.7 Å². The van der Waals surface area contributed by atoms with E-state index < -0.39 is 0 Å². The Bertz CT molecular complexity index is 657. The summed E-state index contributed by atoms with van der Waals surface area (Å²) in [6.07, 6.45) is 3.22. The molecule has 0 saturated carbocycles. The van der Waals surface area contributed by atoms with Crippen molar-refractivity contribution in [3.8, 4) is 11.4 Å². The van der Waals surface area contributed by atoms with E-state index in [1.807, 2.05) is 6.07 Å². The van der Waals surface area contributed by atoms with E-state index in [9.17, 15) is 0 Å². The van der Waals surface area contributed by atoms with Crippen LogP contribution in [0.15, 0.2) is 35.2 Å². The molecule has 17 heavy (non-hydrogen) atoms. The summed E-state index contributed by atoms with van der Waals surface area (Å²) in [7, 11) is 0. The lowest BCUT2D eigenvalue weighted by Crippen LogP contribution is -1.84. The summed E-state index contributed by atoms with van der Waals surface area (Å²) in [6.45, 7) is 2.05. The Morgan fingerprint density at radius 3 is 3.00 bits per heavy atom. The van der Waals surface area contributed by atoms with Crippen LogP contribution in [0.25, 0.3) is 22.6 Å². The number of halogens is 1. The molecule has 3 aromatic rings. The Kier molecular flexibility index (Phi) is 2.40. The van der Waals surface area contributed by atoms with E-state index in [1.165, 1.54) is 11.9 Å². The molecule has 0 atom stereocenters. The molecule has 0 amide bonds. The summed E-state index contributed by atoms with van der Waals surface area (Å²) in [5.74, 6) is 0.802. The van der Waals surface area contributed by atoms with E-state index in [2.05, 4.69) is 54.9 Å². The number of nitrogens with one attached hydrogen (secondary N) is 1. The molecule has 0 unspecified atom stereocenters. The maximum Gasteiger partial charge on any atom is 0.181 e. The number of hydrogen-bond donors (Lipinski definition) is 1. The molecule has 5 heteroatoms. The van der Waals surface area contributed by atoms with Crippen LogP contribution in [-0.4, -0.2) is 19.9 Å². The molecule has 0 aliphatic heterocycles. The van der Waals surface area contributed by atoms with Crippen LogP contribution in [0, 0.1) is 6.92 Å². The second-order valence-electron chi connectivity index (χ2n) is 3.83. The van der Waals surface area contributed by atoms with Crippen LogP contribution < -0.4 is 0 Å². The Balaban J connectivity index is 2.23. The van der Waals surface area contributed by atoms with Gasteiger partial charge >= 0.3 is 0 Å². The fourth-order valence-electron chi connectivity index (χ4n) is 1.71. The van der Waals surface area contributed by atoms with Gasteiger partial charge in [0.05, 0.1) is 6.20 Å². The quantitative estimate of drug-likeness (QED) is 0.749. The number of rotatable bonds is 1. The van der Waals surface area contributed by atoms with E-state index in [1.54, 1.807) is 6.20 Å². The van der Waals surface area contributed by atoms with Crippen molar-refractivity contribution in [3.63, 3.8) is 0 Å². The van der Waals surface area contributed by atoms with Gasteiger partial charge in [0.15, 0.2) is 5.65 Å². The minimum absolute atomic E-state index is 0.684. The van der Waals surface area contributed by atoms with Gasteiger partial charge < -0.3 is 4.98 Å². The zero-order valence-corrected chi connectivity index (χ0v) is 10.7. The molecule has 0 bridgehead atoms. The molecule has 0 spiro atoms. The van der Waals surface area contributed by atoms with Gasteiger partial charge in [-0.15, -0.1) is 0 Å². The van der Waals surface area contributed by atoms with Crippen molar-refractivity contribution in [3.05, 3.63) is 40.8 Å². The van der Waals surface area contributed by atoms with Gasteiger partial charge in [-0.1, -0.05) is 27.6 Å². The second kappa shape index (κ2) is 3.92. The molecule has 0 aliphatic rings. The fraction of sp³-hybridized carbons (Fsp3) is 0.0833. The molecule has 2 heterocycles. The smallest absolute Gasteiger partial charge is 0.181 e. The van der Waals surface area contributed by atoms with Crippen molar-refractivity contribution in [1.29, 1.82) is 0 Å². The largest absolute Gasteiger partial charge is 0.335 e. The first-order valence-corrected chi connectivity index (χ1v) is 5.95. The van der Waals surface area contributed by atoms with Crippen LogP contribution in [0.2, 0.25) is 0 Å². The second-order valence-corrected chi connectivity index (χ2v) is 4.68. The topological polar surface area (TPSA) is 54.5 Å². The third-order valence-corrected chi connectivity index (χ3v) is 3.23. The maximum absolute atomic E-state index is 4.45. The first-order chi connectivity index (χ1) is 8.24. The Hall–Kier alpha value is -1.75. The summed E-state index contributed by atoms with van der Waals surface area (Å²) in [4.78, 5) is 15.7.